The van der Waals surface area contributed by atoms with Crippen molar-refractivity contribution in [3.63, 3.8) is 0 Å². The fraction of sp³-hybridized carbons (Fsp3) is 0.533. The predicted octanol–water partition coefficient (Wildman–Crippen LogP) is 2.60. The van der Waals surface area contributed by atoms with E-state index in [1.165, 1.54) is 12.1 Å². The number of rotatable bonds is 6. The smallest absolute Gasteiger partial charge is 0.257 e. The maximum atomic E-state index is 14.1. The molecule has 5 heteroatoms. The molecule has 1 unspecified atom stereocenters. The summed E-state index contributed by atoms with van der Waals surface area (Å²) in [6, 6.07) is 2.93. The highest BCUT2D eigenvalue weighted by atomic mass is 19.1. The summed E-state index contributed by atoms with van der Waals surface area (Å²) in [6.07, 6.45) is 0.790. The first-order valence-corrected chi connectivity index (χ1v) is 6.77. The Morgan fingerprint density at radius 1 is 1.50 bits per heavy atom. The van der Waals surface area contributed by atoms with Crippen molar-refractivity contribution in [2.24, 2.45) is 0 Å². The van der Waals surface area contributed by atoms with Crippen molar-refractivity contribution in [1.82, 2.24) is 4.90 Å². The normalized spacial score (nSPS) is 12.2. The number of methoxy groups -OCH3 is 1. The molecule has 1 atom stereocenters. The number of hydrogen-bond donors (Lipinski definition) is 1. The van der Waals surface area contributed by atoms with E-state index in [2.05, 4.69) is 0 Å². The third kappa shape index (κ3) is 3.70. The minimum Gasteiger partial charge on any atom is -0.399 e. The first-order chi connectivity index (χ1) is 9.42. The number of anilines is 1. The molecule has 0 bridgehead atoms. The van der Waals surface area contributed by atoms with E-state index in [9.17, 15) is 9.18 Å². The number of benzene rings is 1. The van der Waals surface area contributed by atoms with Crippen LogP contribution in [0.25, 0.3) is 0 Å². The van der Waals surface area contributed by atoms with E-state index < -0.39 is 5.82 Å². The quantitative estimate of drug-likeness (QED) is 0.816. The molecule has 0 aromatic heterocycles. The molecule has 2 N–H and O–H groups in total. The molecule has 0 spiro atoms. The summed E-state index contributed by atoms with van der Waals surface area (Å²) in [7, 11) is 1.57. The fourth-order valence-corrected chi connectivity index (χ4v) is 2.04. The van der Waals surface area contributed by atoms with Gasteiger partial charge in [-0.3, -0.25) is 4.79 Å². The largest absolute Gasteiger partial charge is 0.399 e. The van der Waals surface area contributed by atoms with Crippen LogP contribution in [-0.4, -0.2) is 37.1 Å². The van der Waals surface area contributed by atoms with E-state index in [0.29, 0.717) is 24.4 Å². The molecule has 1 aromatic carbocycles. The molecule has 1 rings (SSSR count). The standard InChI is InChI=1S/C15H23FN2O2/c1-5-11(3)18(6-7-20-4)15(19)13-9-12(17)8-10(2)14(13)16/h8-9,11H,5-7,17H2,1-4H3. The number of nitrogens with two attached hydrogens (primary N) is 1. The molecule has 0 aliphatic heterocycles. The number of carbonyl (C=O) groups excluding carboxylic acids is 1. The van der Waals surface area contributed by atoms with E-state index in [1.54, 1.807) is 18.9 Å². The van der Waals surface area contributed by atoms with Gasteiger partial charge in [-0.2, -0.15) is 0 Å². The zero-order valence-corrected chi connectivity index (χ0v) is 12.6. The molecule has 112 valence electrons. The second kappa shape index (κ2) is 7.24. The van der Waals surface area contributed by atoms with Crippen LogP contribution in [0.2, 0.25) is 0 Å². The van der Waals surface area contributed by atoms with Gasteiger partial charge in [-0.15, -0.1) is 0 Å². The molecule has 0 aliphatic rings. The second-order valence-corrected chi connectivity index (χ2v) is 4.95. The first kappa shape index (κ1) is 16.4. The Hall–Kier alpha value is -1.62. The lowest BCUT2D eigenvalue weighted by molar-refractivity contribution is 0.0609. The molecule has 0 radical (unpaired) electrons. The van der Waals surface area contributed by atoms with E-state index in [-0.39, 0.29) is 17.5 Å². The Kier molecular flexibility index (Phi) is 5.95. The van der Waals surface area contributed by atoms with Crippen LogP contribution in [0.4, 0.5) is 10.1 Å². The van der Waals surface area contributed by atoms with Crippen molar-refractivity contribution < 1.29 is 13.9 Å². The molecule has 0 fully saturated rings. The molecule has 1 aromatic rings. The minimum atomic E-state index is -0.505. The average molecular weight is 282 g/mol. The maximum absolute atomic E-state index is 14.1. The molecule has 1 amide bonds. The lowest BCUT2D eigenvalue weighted by Crippen LogP contribution is -2.41. The summed E-state index contributed by atoms with van der Waals surface area (Å²) in [6.45, 7) is 6.37. The predicted molar refractivity (Wildman–Crippen MR) is 78.2 cm³/mol. The SMILES string of the molecule is CCC(C)N(CCOC)C(=O)c1cc(N)cc(C)c1F. The number of halogens is 1. The number of hydrogen-bond acceptors (Lipinski definition) is 3. The molecule has 4 nitrogen and oxygen atoms in total. The summed E-state index contributed by atoms with van der Waals surface area (Å²) < 4.78 is 19.2. The van der Waals surface area contributed by atoms with E-state index >= 15 is 0 Å². The van der Waals surface area contributed by atoms with Crippen LogP contribution in [0, 0.1) is 12.7 Å². The lowest BCUT2D eigenvalue weighted by atomic mass is 10.1. The van der Waals surface area contributed by atoms with Crippen LogP contribution < -0.4 is 5.73 Å². The van der Waals surface area contributed by atoms with Crippen LogP contribution in [0.15, 0.2) is 12.1 Å². The number of amides is 1. The number of nitrogen functional groups attached to an aromatic ring is 1. The topological polar surface area (TPSA) is 55.6 Å². The van der Waals surface area contributed by atoms with E-state index in [1.807, 2.05) is 13.8 Å². The van der Waals surface area contributed by atoms with Crippen LogP contribution in [-0.2, 0) is 4.74 Å². The molecule has 0 saturated carbocycles. The van der Waals surface area contributed by atoms with E-state index in [0.717, 1.165) is 6.42 Å². The van der Waals surface area contributed by atoms with Crippen molar-refractivity contribution in [2.75, 3.05) is 26.0 Å². The summed E-state index contributed by atoms with van der Waals surface area (Å²) in [4.78, 5) is 14.2. The number of aryl methyl sites for hydroxylation is 1. The third-order valence-electron chi connectivity index (χ3n) is 3.43. The summed E-state index contributed by atoms with van der Waals surface area (Å²) in [5, 5.41) is 0. The van der Waals surface area contributed by atoms with Crippen molar-refractivity contribution in [3.8, 4) is 0 Å². The van der Waals surface area contributed by atoms with Crippen LogP contribution in [0.1, 0.15) is 36.2 Å². The van der Waals surface area contributed by atoms with Gasteiger partial charge < -0.3 is 15.4 Å². The summed E-state index contributed by atoms with van der Waals surface area (Å²) >= 11 is 0. The zero-order chi connectivity index (χ0) is 15.3. The number of carbonyl (C=O) groups is 1. The Morgan fingerprint density at radius 3 is 2.70 bits per heavy atom. The lowest BCUT2D eigenvalue weighted by Gasteiger charge is -2.28. The van der Waals surface area contributed by atoms with Crippen LogP contribution >= 0.6 is 0 Å². The molecular weight excluding hydrogens is 259 g/mol. The van der Waals surface area contributed by atoms with Gasteiger partial charge >= 0.3 is 0 Å². The van der Waals surface area contributed by atoms with Gasteiger partial charge in [-0.25, -0.2) is 4.39 Å². The summed E-state index contributed by atoms with van der Waals surface area (Å²) in [5.74, 6) is -0.848. The third-order valence-corrected chi connectivity index (χ3v) is 3.43. The minimum absolute atomic E-state index is 0.0128. The maximum Gasteiger partial charge on any atom is 0.257 e. The highest BCUT2D eigenvalue weighted by Crippen LogP contribution is 2.20. The van der Waals surface area contributed by atoms with Gasteiger partial charge in [0.2, 0.25) is 0 Å². The number of nitrogens with zero attached hydrogens (tertiary/aromatic N) is 1. The van der Waals surface area contributed by atoms with Crippen LogP contribution in [0.5, 0.6) is 0 Å². The highest BCUT2D eigenvalue weighted by Gasteiger charge is 2.24. The van der Waals surface area contributed by atoms with Gasteiger partial charge in [0.1, 0.15) is 5.82 Å². The molecule has 20 heavy (non-hydrogen) atoms. The number of ether oxygens (including phenoxy) is 1. The summed E-state index contributed by atoms with van der Waals surface area (Å²) in [5.41, 5.74) is 6.51. The molecule has 0 aliphatic carbocycles. The Morgan fingerprint density at radius 2 is 2.15 bits per heavy atom. The Labute approximate surface area is 119 Å². The average Bonchev–Trinajstić information content (AvgIpc) is 2.42. The van der Waals surface area contributed by atoms with Crippen LogP contribution in [0.3, 0.4) is 0 Å². The van der Waals surface area contributed by atoms with Crippen molar-refractivity contribution in [3.05, 3.63) is 29.1 Å². The Bertz CT molecular complexity index is 477. The van der Waals surface area contributed by atoms with Gasteiger partial charge in [0.05, 0.1) is 12.2 Å². The molecular formula is C15H23FN2O2. The van der Waals surface area contributed by atoms with Gasteiger partial charge in [0, 0.05) is 25.4 Å². The zero-order valence-electron chi connectivity index (χ0n) is 12.6. The monoisotopic (exact) mass is 282 g/mol. The van der Waals surface area contributed by atoms with Crippen molar-refractivity contribution in [2.45, 2.75) is 33.2 Å². The van der Waals surface area contributed by atoms with Gasteiger partial charge in [0.25, 0.3) is 5.91 Å². The first-order valence-electron chi connectivity index (χ1n) is 6.77. The van der Waals surface area contributed by atoms with Crippen molar-refractivity contribution in [1.29, 1.82) is 0 Å². The molecule has 0 heterocycles. The molecule has 0 saturated heterocycles. The Balaban J connectivity index is 3.11. The highest BCUT2D eigenvalue weighted by molar-refractivity contribution is 5.95. The van der Waals surface area contributed by atoms with Crippen molar-refractivity contribution >= 4 is 11.6 Å². The van der Waals surface area contributed by atoms with Gasteiger partial charge in [-0.1, -0.05) is 6.92 Å². The second-order valence-electron chi connectivity index (χ2n) is 4.95. The van der Waals surface area contributed by atoms with Gasteiger partial charge in [-0.05, 0) is 38.0 Å². The van der Waals surface area contributed by atoms with Gasteiger partial charge in [0.15, 0.2) is 0 Å². The fourth-order valence-electron chi connectivity index (χ4n) is 2.04. The van der Waals surface area contributed by atoms with E-state index in [4.69, 9.17) is 10.5 Å².